The highest BCUT2D eigenvalue weighted by Crippen LogP contribution is 2.81. The molecule has 2 aromatic rings. The average molecular weight is 643 g/mol. The number of hydrogen-bond acceptors (Lipinski definition) is 4. The predicted molar refractivity (Wildman–Crippen MR) is 195 cm³/mol. The van der Waals surface area contributed by atoms with E-state index in [4.69, 9.17) is 9.05 Å². The molecule has 3 rings (SSSR count). The SMILES string of the molecule is Cc1cc(C(C)(C)C)c(OP2N(C(C)(C)C)P(Oc3c(C(C)(C)C)cc(C)cc3C(C)(C)C)N2C(C)(C)C)c(C(C)(C)C)c1. The topological polar surface area (TPSA) is 24.9 Å². The van der Waals surface area contributed by atoms with Crippen molar-refractivity contribution in [3.8, 4) is 11.5 Å². The van der Waals surface area contributed by atoms with Crippen molar-refractivity contribution >= 4 is 16.9 Å². The van der Waals surface area contributed by atoms with E-state index < -0.39 is 16.9 Å². The molecule has 1 aliphatic heterocycles. The standard InChI is InChI=1S/C38H64N2O2P2/c1-25-21-27(33(3,4)5)31(28(22-25)34(6,7)8)41-43-39(37(15,16)17)44(40(43)38(18,19)20)42-32-29(35(9,10)11)23-26(2)24-30(32)36(12,13)14/h21-24H,1-20H3. The first-order valence-corrected chi connectivity index (χ1v) is 18.7. The minimum Gasteiger partial charge on any atom is -0.443 e. The highest BCUT2D eigenvalue weighted by Gasteiger charge is 2.62. The highest BCUT2D eigenvalue weighted by atomic mass is 31.3. The van der Waals surface area contributed by atoms with Crippen molar-refractivity contribution in [2.24, 2.45) is 0 Å². The molecule has 2 aromatic carbocycles. The van der Waals surface area contributed by atoms with E-state index in [0.717, 1.165) is 11.5 Å². The van der Waals surface area contributed by atoms with Gasteiger partial charge in [0, 0.05) is 33.3 Å². The second-order valence-electron chi connectivity index (χ2n) is 19.0. The van der Waals surface area contributed by atoms with Gasteiger partial charge in [0.1, 0.15) is 11.5 Å². The first kappa shape index (κ1) is 37.3. The maximum absolute atomic E-state index is 7.43. The first-order valence-electron chi connectivity index (χ1n) is 16.3. The Balaban J connectivity index is 2.29. The number of benzene rings is 2. The van der Waals surface area contributed by atoms with Gasteiger partial charge < -0.3 is 9.05 Å². The molecule has 1 fully saturated rings. The zero-order valence-corrected chi connectivity index (χ0v) is 33.7. The highest BCUT2D eigenvalue weighted by molar-refractivity contribution is 7.78. The summed E-state index contributed by atoms with van der Waals surface area (Å²) >= 11 is 0. The molecule has 1 aliphatic rings. The number of aryl methyl sites for hydroxylation is 2. The van der Waals surface area contributed by atoms with Crippen molar-refractivity contribution < 1.29 is 9.05 Å². The summed E-state index contributed by atoms with van der Waals surface area (Å²) in [5.41, 5.74) is 7.07. The van der Waals surface area contributed by atoms with Crippen LogP contribution in [0.1, 0.15) is 158 Å². The zero-order valence-electron chi connectivity index (χ0n) is 31.9. The smallest absolute Gasteiger partial charge is 0.264 e. The molecular weight excluding hydrogens is 578 g/mol. The largest absolute Gasteiger partial charge is 0.443 e. The molecule has 1 saturated heterocycles. The Kier molecular flexibility index (Phi) is 10.0. The van der Waals surface area contributed by atoms with E-state index in [-0.39, 0.29) is 32.7 Å². The zero-order chi connectivity index (χ0) is 34.2. The summed E-state index contributed by atoms with van der Waals surface area (Å²) in [7, 11) is -2.32. The Bertz CT molecular complexity index is 1170. The van der Waals surface area contributed by atoms with Gasteiger partial charge in [-0.25, -0.2) is 0 Å². The molecular formula is C38H64N2O2P2. The minimum absolute atomic E-state index is 0.0625. The van der Waals surface area contributed by atoms with E-state index >= 15 is 0 Å². The van der Waals surface area contributed by atoms with Crippen LogP contribution in [0.3, 0.4) is 0 Å². The molecule has 0 bridgehead atoms. The monoisotopic (exact) mass is 642 g/mol. The summed E-state index contributed by atoms with van der Waals surface area (Å²) in [4.78, 5) is 0. The second kappa shape index (κ2) is 11.8. The molecule has 0 atom stereocenters. The molecule has 4 nitrogen and oxygen atoms in total. The molecule has 0 aliphatic carbocycles. The van der Waals surface area contributed by atoms with Gasteiger partial charge in [0.15, 0.2) is 0 Å². The Morgan fingerprint density at radius 2 is 0.614 bits per heavy atom. The van der Waals surface area contributed by atoms with Gasteiger partial charge in [-0.1, -0.05) is 118 Å². The maximum Gasteiger partial charge on any atom is 0.264 e. The third kappa shape index (κ3) is 7.85. The normalized spacial score (nSPS) is 19.6. The van der Waals surface area contributed by atoms with Gasteiger partial charge >= 0.3 is 0 Å². The maximum atomic E-state index is 7.43. The quantitative estimate of drug-likeness (QED) is 0.310. The van der Waals surface area contributed by atoms with Crippen molar-refractivity contribution in [2.75, 3.05) is 0 Å². The molecule has 6 heteroatoms. The fourth-order valence-electron chi connectivity index (χ4n) is 5.58. The summed E-state index contributed by atoms with van der Waals surface area (Å²) in [6.07, 6.45) is 0. The summed E-state index contributed by atoms with van der Waals surface area (Å²) in [5.74, 6) is 2.09. The predicted octanol–water partition coefficient (Wildman–Crippen LogP) is 12.6. The van der Waals surface area contributed by atoms with Crippen LogP contribution in [-0.4, -0.2) is 20.0 Å². The van der Waals surface area contributed by atoms with E-state index in [0.29, 0.717) is 0 Å². The number of rotatable bonds is 4. The molecule has 0 N–H and O–H groups in total. The van der Waals surface area contributed by atoms with E-state index in [9.17, 15) is 0 Å². The van der Waals surface area contributed by atoms with Crippen molar-refractivity contribution in [3.63, 3.8) is 0 Å². The Morgan fingerprint density at radius 1 is 0.409 bits per heavy atom. The van der Waals surface area contributed by atoms with Gasteiger partial charge in [-0.15, -0.1) is 0 Å². The van der Waals surface area contributed by atoms with Crippen LogP contribution in [-0.2, 0) is 21.7 Å². The van der Waals surface area contributed by atoms with E-state index in [2.05, 4.69) is 172 Å². The summed E-state index contributed by atoms with van der Waals surface area (Å²) < 4.78 is 20.0. The summed E-state index contributed by atoms with van der Waals surface area (Å²) in [6.45, 7) is 45.8. The third-order valence-electron chi connectivity index (χ3n) is 7.89. The van der Waals surface area contributed by atoms with Gasteiger partial charge in [0.05, 0.1) is 0 Å². The van der Waals surface area contributed by atoms with Crippen molar-refractivity contribution in [1.82, 2.24) is 8.88 Å². The molecule has 248 valence electrons. The van der Waals surface area contributed by atoms with E-state index in [1.54, 1.807) is 0 Å². The molecule has 0 spiro atoms. The second-order valence-corrected chi connectivity index (χ2v) is 22.6. The van der Waals surface area contributed by atoms with Crippen LogP contribution >= 0.6 is 16.9 Å². The lowest BCUT2D eigenvalue weighted by atomic mass is 9.78. The van der Waals surface area contributed by atoms with Crippen LogP contribution in [0.5, 0.6) is 11.5 Å². The van der Waals surface area contributed by atoms with Crippen molar-refractivity contribution in [1.29, 1.82) is 0 Å². The first-order chi connectivity index (χ1) is 19.5. The molecule has 44 heavy (non-hydrogen) atoms. The Hall–Kier alpha value is -1.18. The van der Waals surface area contributed by atoms with Gasteiger partial charge in [-0.05, 0) is 77.0 Å². The van der Waals surface area contributed by atoms with Gasteiger partial charge in [-0.2, -0.15) is 8.88 Å². The fraction of sp³-hybridized carbons (Fsp3) is 0.684. The average Bonchev–Trinajstić information content (AvgIpc) is 2.74. The van der Waals surface area contributed by atoms with Crippen LogP contribution < -0.4 is 9.05 Å². The van der Waals surface area contributed by atoms with E-state index in [1.807, 2.05) is 0 Å². The lowest BCUT2D eigenvalue weighted by molar-refractivity contribution is 0.223. The van der Waals surface area contributed by atoms with Crippen molar-refractivity contribution in [2.45, 2.75) is 171 Å². The number of nitrogens with zero attached hydrogens (tertiary/aromatic N) is 2. The third-order valence-corrected chi connectivity index (χ3v) is 14.1. The molecule has 0 aromatic heterocycles. The molecule has 0 amide bonds. The van der Waals surface area contributed by atoms with Gasteiger partial charge in [0.2, 0.25) is 0 Å². The van der Waals surface area contributed by atoms with E-state index in [1.165, 1.54) is 33.4 Å². The van der Waals surface area contributed by atoms with Gasteiger partial charge in [-0.3, -0.25) is 0 Å². The van der Waals surface area contributed by atoms with Crippen molar-refractivity contribution in [3.05, 3.63) is 57.6 Å². The minimum atomic E-state index is -1.16. The lowest BCUT2D eigenvalue weighted by Gasteiger charge is -2.61. The Morgan fingerprint density at radius 3 is 0.773 bits per heavy atom. The molecule has 0 unspecified atom stereocenters. The lowest BCUT2D eigenvalue weighted by Crippen LogP contribution is -2.55. The fourth-order valence-corrected chi connectivity index (χ4v) is 10.9. The molecule has 0 saturated carbocycles. The summed E-state index contributed by atoms with van der Waals surface area (Å²) in [5, 5.41) is 0. The van der Waals surface area contributed by atoms with Crippen LogP contribution in [0.25, 0.3) is 0 Å². The number of hydrogen-bond donors (Lipinski definition) is 0. The molecule has 0 radical (unpaired) electrons. The summed E-state index contributed by atoms with van der Waals surface area (Å²) in [6, 6.07) is 9.33. The van der Waals surface area contributed by atoms with Crippen LogP contribution in [0.4, 0.5) is 0 Å². The van der Waals surface area contributed by atoms with Crippen LogP contribution in [0.2, 0.25) is 0 Å². The van der Waals surface area contributed by atoms with Gasteiger partial charge in [0.25, 0.3) is 16.9 Å². The molecule has 1 heterocycles. The van der Waals surface area contributed by atoms with Crippen LogP contribution in [0, 0.1) is 13.8 Å². The van der Waals surface area contributed by atoms with Crippen LogP contribution in [0.15, 0.2) is 24.3 Å². The Labute approximate surface area is 274 Å².